The molecule has 20 heavy (non-hydrogen) atoms. The van der Waals surface area contributed by atoms with Gasteiger partial charge in [-0.1, -0.05) is 32.4 Å². The lowest BCUT2D eigenvalue weighted by atomic mass is 9.96. The Morgan fingerprint density at radius 2 is 2.00 bits per heavy atom. The Bertz CT molecular complexity index is 644. The summed E-state index contributed by atoms with van der Waals surface area (Å²) in [4.78, 5) is 20.3. The van der Waals surface area contributed by atoms with Gasteiger partial charge in [0.15, 0.2) is 0 Å². The van der Waals surface area contributed by atoms with Crippen molar-refractivity contribution in [1.82, 2.24) is 20.2 Å². The quantitative estimate of drug-likeness (QED) is 0.834. The Morgan fingerprint density at radius 3 is 2.55 bits per heavy atom. The highest BCUT2D eigenvalue weighted by Crippen LogP contribution is 2.19. The van der Waals surface area contributed by atoms with Crippen molar-refractivity contribution >= 4 is 23.2 Å². The summed E-state index contributed by atoms with van der Waals surface area (Å²) in [5.41, 5.74) is 1.03. The van der Waals surface area contributed by atoms with Gasteiger partial charge in [0.2, 0.25) is 5.82 Å². The van der Waals surface area contributed by atoms with Crippen LogP contribution >= 0.6 is 11.6 Å². The highest BCUT2D eigenvalue weighted by molar-refractivity contribution is 6.29. The smallest absolute Gasteiger partial charge is 0.295 e. The van der Waals surface area contributed by atoms with E-state index in [9.17, 15) is 4.79 Å². The molecule has 0 spiro atoms. The Balaban J connectivity index is 2.18. The number of carbonyl (C=O) groups excluding carboxylic acids is 1. The van der Waals surface area contributed by atoms with Crippen molar-refractivity contribution in [2.24, 2.45) is 0 Å². The van der Waals surface area contributed by atoms with Gasteiger partial charge in [0, 0.05) is 5.41 Å². The zero-order chi connectivity index (χ0) is 14.9. The fourth-order valence-corrected chi connectivity index (χ4v) is 1.73. The summed E-state index contributed by atoms with van der Waals surface area (Å²) in [5.74, 6) is 0.377. The van der Waals surface area contributed by atoms with E-state index in [1.54, 1.807) is 19.1 Å². The van der Waals surface area contributed by atoms with E-state index < -0.39 is 0 Å². The van der Waals surface area contributed by atoms with Crippen LogP contribution in [0.15, 0.2) is 12.1 Å². The average molecular weight is 294 g/mol. The molecule has 0 unspecified atom stereocenters. The highest BCUT2D eigenvalue weighted by atomic mass is 35.5. The van der Waals surface area contributed by atoms with Crippen LogP contribution in [-0.4, -0.2) is 26.1 Å². The maximum atomic E-state index is 12.1. The molecule has 6 nitrogen and oxygen atoms in total. The van der Waals surface area contributed by atoms with Crippen molar-refractivity contribution in [2.75, 3.05) is 5.32 Å². The fraction of sp³-hybridized carbons (Fsp3) is 0.385. The second kappa shape index (κ2) is 5.20. The first-order valence-electron chi connectivity index (χ1n) is 6.15. The van der Waals surface area contributed by atoms with Crippen LogP contribution < -0.4 is 5.32 Å². The SMILES string of the molecule is Cc1nc(Cl)ccc1NC(=O)c1n[nH]c(C(C)(C)C)n1. The van der Waals surface area contributed by atoms with Crippen LogP contribution in [0.4, 0.5) is 5.69 Å². The molecule has 2 N–H and O–H groups in total. The zero-order valence-electron chi connectivity index (χ0n) is 11.8. The zero-order valence-corrected chi connectivity index (χ0v) is 12.5. The summed E-state index contributed by atoms with van der Waals surface area (Å²) < 4.78 is 0. The van der Waals surface area contributed by atoms with Gasteiger partial charge in [0.1, 0.15) is 11.0 Å². The molecule has 2 rings (SSSR count). The standard InChI is InChI=1S/C13H16ClN5O/c1-7-8(5-6-9(14)15-7)16-11(20)10-17-12(19-18-10)13(2,3)4/h5-6H,1-4H3,(H,16,20)(H,17,18,19). The molecule has 0 radical (unpaired) electrons. The Kier molecular flexibility index (Phi) is 3.76. The van der Waals surface area contributed by atoms with Gasteiger partial charge < -0.3 is 5.32 Å². The van der Waals surface area contributed by atoms with E-state index in [1.807, 2.05) is 20.8 Å². The van der Waals surface area contributed by atoms with Crippen LogP contribution in [0.2, 0.25) is 5.15 Å². The number of nitrogens with zero attached hydrogens (tertiary/aromatic N) is 3. The molecule has 2 aromatic rings. The van der Waals surface area contributed by atoms with E-state index in [4.69, 9.17) is 11.6 Å². The molecular formula is C13H16ClN5O. The number of pyridine rings is 1. The molecule has 2 aromatic heterocycles. The normalized spacial score (nSPS) is 11.4. The Labute approximate surface area is 122 Å². The number of amides is 1. The predicted molar refractivity (Wildman–Crippen MR) is 77.0 cm³/mol. The minimum atomic E-state index is -0.385. The second-order valence-electron chi connectivity index (χ2n) is 5.48. The minimum Gasteiger partial charge on any atom is -0.318 e. The van der Waals surface area contributed by atoms with E-state index in [-0.39, 0.29) is 17.1 Å². The number of aromatic amines is 1. The Morgan fingerprint density at radius 1 is 1.30 bits per heavy atom. The monoisotopic (exact) mass is 293 g/mol. The first-order valence-corrected chi connectivity index (χ1v) is 6.52. The lowest BCUT2D eigenvalue weighted by Gasteiger charge is -2.12. The van der Waals surface area contributed by atoms with E-state index in [0.717, 1.165) is 0 Å². The maximum absolute atomic E-state index is 12.1. The number of H-pyrrole nitrogens is 1. The number of hydrogen-bond acceptors (Lipinski definition) is 4. The first kappa shape index (κ1) is 14.5. The number of halogens is 1. The molecule has 1 amide bonds. The molecule has 2 heterocycles. The van der Waals surface area contributed by atoms with Crippen LogP contribution in [0.25, 0.3) is 0 Å². The van der Waals surface area contributed by atoms with Crippen LogP contribution in [0.3, 0.4) is 0 Å². The van der Waals surface area contributed by atoms with Crippen molar-refractivity contribution in [1.29, 1.82) is 0 Å². The Hall–Kier alpha value is -1.95. The van der Waals surface area contributed by atoms with Gasteiger partial charge >= 0.3 is 0 Å². The number of aryl methyl sites for hydroxylation is 1. The minimum absolute atomic E-state index is 0.101. The molecule has 0 aliphatic rings. The summed E-state index contributed by atoms with van der Waals surface area (Å²) in [6, 6.07) is 3.31. The second-order valence-corrected chi connectivity index (χ2v) is 5.87. The number of nitrogens with one attached hydrogen (secondary N) is 2. The van der Waals surface area contributed by atoms with Crippen molar-refractivity contribution in [3.8, 4) is 0 Å². The van der Waals surface area contributed by atoms with Gasteiger partial charge in [-0.3, -0.25) is 9.89 Å². The topological polar surface area (TPSA) is 83.6 Å². The van der Waals surface area contributed by atoms with Crippen molar-refractivity contribution < 1.29 is 4.79 Å². The fourth-order valence-electron chi connectivity index (χ4n) is 1.54. The van der Waals surface area contributed by atoms with Crippen molar-refractivity contribution in [2.45, 2.75) is 33.1 Å². The molecule has 0 aliphatic carbocycles. The molecule has 106 valence electrons. The number of rotatable bonds is 2. The summed E-state index contributed by atoms with van der Waals surface area (Å²) in [6.07, 6.45) is 0. The third-order valence-corrected chi connectivity index (χ3v) is 2.91. The van der Waals surface area contributed by atoms with E-state index in [1.165, 1.54) is 0 Å². The van der Waals surface area contributed by atoms with Crippen LogP contribution in [0, 0.1) is 6.92 Å². The number of carbonyl (C=O) groups is 1. The molecule has 0 aromatic carbocycles. The highest BCUT2D eigenvalue weighted by Gasteiger charge is 2.21. The average Bonchev–Trinajstić information content (AvgIpc) is 2.82. The van der Waals surface area contributed by atoms with Crippen molar-refractivity contribution in [3.63, 3.8) is 0 Å². The molecule has 0 aliphatic heterocycles. The molecule has 0 fully saturated rings. The third-order valence-electron chi connectivity index (χ3n) is 2.70. The van der Waals surface area contributed by atoms with Gasteiger partial charge in [0.05, 0.1) is 11.4 Å². The predicted octanol–water partition coefficient (Wildman–Crippen LogP) is 2.71. The number of anilines is 1. The molecule has 0 saturated heterocycles. The summed E-state index contributed by atoms with van der Waals surface area (Å²) in [6.45, 7) is 7.73. The summed E-state index contributed by atoms with van der Waals surface area (Å²) in [5, 5.41) is 9.80. The number of hydrogen-bond donors (Lipinski definition) is 2. The summed E-state index contributed by atoms with van der Waals surface area (Å²) >= 11 is 5.77. The molecule has 0 bridgehead atoms. The van der Waals surface area contributed by atoms with Crippen LogP contribution in [0.1, 0.15) is 42.9 Å². The van der Waals surface area contributed by atoms with Gasteiger partial charge in [0.25, 0.3) is 5.91 Å². The van der Waals surface area contributed by atoms with Crippen molar-refractivity contribution in [3.05, 3.63) is 34.6 Å². The van der Waals surface area contributed by atoms with Gasteiger partial charge in [-0.2, -0.15) is 0 Å². The maximum Gasteiger partial charge on any atom is 0.295 e. The lowest BCUT2D eigenvalue weighted by molar-refractivity contribution is 0.101. The van der Waals surface area contributed by atoms with Gasteiger partial charge in [-0.05, 0) is 19.1 Å². The van der Waals surface area contributed by atoms with E-state index >= 15 is 0 Å². The molecule has 7 heteroatoms. The van der Waals surface area contributed by atoms with Gasteiger partial charge in [-0.15, -0.1) is 5.10 Å². The largest absolute Gasteiger partial charge is 0.318 e. The van der Waals surface area contributed by atoms with Crippen LogP contribution in [-0.2, 0) is 5.41 Å². The molecule has 0 atom stereocenters. The molecule has 0 saturated carbocycles. The third kappa shape index (κ3) is 3.14. The number of aromatic nitrogens is 4. The molecular weight excluding hydrogens is 278 g/mol. The van der Waals surface area contributed by atoms with Crippen LogP contribution in [0.5, 0.6) is 0 Å². The van der Waals surface area contributed by atoms with E-state index in [2.05, 4.69) is 25.5 Å². The summed E-state index contributed by atoms with van der Waals surface area (Å²) in [7, 11) is 0. The van der Waals surface area contributed by atoms with E-state index in [0.29, 0.717) is 22.4 Å². The lowest BCUT2D eigenvalue weighted by Crippen LogP contribution is -2.16. The van der Waals surface area contributed by atoms with Gasteiger partial charge in [-0.25, -0.2) is 9.97 Å². The first-order chi connectivity index (χ1) is 9.27.